The van der Waals surface area contributed by atoms with Gasteiger partial charge >= 0.3 is 26.0 Å². The molecule has 51 heavy (non-hydrogen) atoms. The summed E-state index contributed by atoms with van der Waals surface area (Å²) >= 11 is 0. The predicted molar refractivity (Wildman–Crippen MR) is 191 cm³/mol. The lowest BCUT2D eigenvalue weighted by atomic mass is 9.80. The number of aliphatic hydroxyl groups is 1. The highest BCUT2D eigenvalue weighted by molar-refractivity contribution is 6.45. The normalized spacial score (nSPS) is 31.5. The molecular formula is C34H61B2ClN6O8. The number of ether oxygens (including phenoxy) is 3. The van der Waals surface area contributed by atoms with E-state index in [1.54, 1.807) is 18.5 Å². The molecule has 5 rings (SSSR count). The number of rotatable bonds is 16. The number of halogens is 1. The Labute approximate surface area is 310 Å². The molecule has 7 N–H and O–H groups in total. The first-order chi connectivity index (χ1) is 23.9. The molecule has 288 valence electrons. The lowest BCUT2D eigenvalue weighted by Crippen LogP contribution is -3.00. The van der Waals surface area contributed by atoms with E-state index in [0.29, 0.717) is 38.9 Å². The quantitative estimate of drug-likeness (QED) is 0.0293. The molecule has 17 heteroatoms. The molecule has 14 nitrogen and oxygen atoms in total. The first-order valence-corrected chi connectivity index (χ1v) is 19.1. The molecule has 5 aliphatic heterocycles. The van der Waals surface area contributed by atoms with Crippen LogP contribution in [0.4, 0.5) is 0 Å². The molecule has 0 aromatic carbocycles. The van der Waals surface area contributed by atoms with Crippen LogP contribution in [0.25, 0.3) is 0 Å². The zero-order chi connectivity index (χ0) is 35.9. The first-order valence-electron chi connectivity index (χ1n) is 19.1. The van der Waals surface area contributed by atoms with E-state index in [4.69, 9.17) is 14.2 Å². The summed E-state index contributed by atoms with van der Waals surface area (Å²) in [6.07, 6.45) is 12.4. The highest BCUT2D eigenvalue weighted by Gasteiger charge is 2.64. The fourth-order valence-electron chi connectivity index (χ4n) is 8.59. The van der Waals surface area contributed by atoms with Crippen LogP contribution >= 0.6 is 0 Å². The van der Waals surface area contributed by atoms with Crippen LogP contribution < -0.4 is 33.5 Å². The van der Waals surface area contributed by atoms with Gasteiger partial charge in [0.2, 0.25) is 11.6 Å². The van der Waals surface area contributed by atoms with Crippen molar-refractivity contribution in [2.24, 2.45) is 5.92 Å². The number of amides is 1. The van der Waals surface area contributed by atoms with Crippen molar-refractivity contribution in [1.82, 2.24) is 26.0 Å². The van der Waals surface area contributed by atoms with Gasteiger partial charge in [-0.3, -0.25) is 14.2 Å². The van der Waals surface area contributed by atoms with Crippen molar-refractivity contribution in [3.63, 3.8) is 0 Å². The number of nitrogens with zero attached hydrogens (tertiary/aromatic N) is 2. The molecule has 2 saturated heterocycles. The summed E-state index contributed by atoms with van der Waals surface area (Å²) < 4.78 is 21.8. The van der Waals surface area contributed by atoms with Crippen molar-refractivity contribution < 1.29 is 55.9 Å². The van der Waals surface area contributed by atoms with E-state index in [1.807, 2.05) is 0 Å². The summed E-state index contributed by atoms with van der Waals surface area (Å²) in [5.74, 6) is -0.267. The number of allylic oxidation sites excluding steroid dienone is 1. The molecule has 5 aliphatic rings. The van der Waals surface area contributed by atoms with Crippen molar-refractivity contribution >= 4 is 31.9 Å². The molecule has 8 atom stereocenters. The Morgan fingerprint density at radius 1 is 1.14 bits per heavy atom. The summed E-state index contributed by atoms with van der Waals surface area (Å²) in [6.45, 7) is 8.77. The zero-order valence-electron chi connectivity index (χ0n) is 30.9. The van der Waals surface area contributed by atoms with Crippen molar-refractivity contribution in [3.05, 3.63) is 12.2 Å². The summed E-state index contributed by atoms with van der Waals surface area (Å²) in [7, 11) is -1.35. The van der Waals surface area contributed by atoms with Gasteiger partial charge in [-0.2, -0.15) is 0 Å². The predicted octanol–water partition coefficient (Wildman–Crippen LogP) is -2.47. The van der Waals surface area contributed by atoms with E-state index in [2.05, 4.69) is 51.7 Å². The average Bonchev–Trinajstić information content (AvgIpc) is 3.36. The van der Waals surface area contributed by atoms with Crippen LogP contribution in [0.3, 0.4) is 0 Å². The lowest BCUT2D eigenvalue weighted by molar-refractivity contribution is -0.609. The third kappa shape index (κ3) is 10.6. The minimum atomic E-state index is -0.935. The van der Waals surface area contributed by atoms with Crippen molar-refractivity contribution in [2.45, 2.75) is 146 Å². The molecule has 0 radical (unpaired) electrons. The average molecular weight is 739 g/mol. The second-order valence-electron chi connectivity index (χ2n) is 15.0. The van der Waals surface area contributed by atoms with Gasteiger partial charge in [-0.25, -0.2) is 10.6 Å². The van der Waals surface area contributed by atoms with E-state index >= 15 is 0 Å². The Kier molecular flexibility index (Phi) is 15.5. The van der Waals surface area contributed by atoms with E-state index in [-0.39, 0.29) is 68.1 Å². The summed E-state index contributed by atoms with van der Waals surface area (Å²) in [6, 6.07) is 0.109. The monoisotopic (exact) mass is 738 g/mol. The van der Waals surface area contributed by atoms with Crippen molar-refractivity contribution in [2.75, 3.05) is 32.8 Å². The van der Waals surface area contributed by atoms with Gasteiger partial charge < -0.3 is 57.1 Å². The number of carbonyl (C=O) groups is 2. The largest absolute Gasteiger partial charge is 1.00 e. The minimum absolute atomic E-state index is 0. The van der Waals surface area contributed by atoms with Crippen LogP contribution in [0.2, 0.25) is 13.6 Å². The number of hydrogen-bond donors (Lipinski definition) is 7. The number of carbonyl (C=O) groups excluding carboxylic acids is 2. The van der Waals surface area contributed by atoms with Crippen LogP contribution in [0.1, 0.15) is 90.9 Å². The molecule has 0 saturated carbocycles. The third-order valence-corrected chi connectivity index (χ3v) is 10.9. The van der Waals surface area contributed by atoms with Crippen LogP contribution in [-0.2, 0) is 23.8 Å². The Morgan fingerprint density at radius 3 is 2.63 bits per heavy atom. The number of aliphatic hydroxyl groups excluding tert-OH is 1. The van der Waals surface area contributed by atoms with Crippen LogP contribution in [0.15, 0.2) is 12.2 Å². The minimum Gasteiger partial charge on any atom is -1.00 e. The van der Waals surface area contributed by atoms with Gasteiger partial charge in [0.25, 0.3) is 0 Å². The standard InChI is InChI=1S/C34H60B2N6O8.ClH/c1-5-27-11-6-7-16-33(50-27)22-25-12-13-28-30(34(17-8-10-24(2)49-34)40-32(39-33)42(25)28)31(45)48-21-15-29(44)41(20-9-18-37-35(3)46)23-26(43)14-19-38-36(4)47;/h6,11,24-28,30,37-38,43,46-47H,5,7-10,12-23H2,1-4H3,(H,39,40);1H/t24-,25+,26+,27+,28-,30-,33+,34-;/m1./s1. The Balaban J connectivity index is 0.00000583. The van der Waals surface area contributed by atoms with Gasteiger partial charge in [0.1, 0.15) is 6.61 Å². The van der Waals surface area contributed by atoms with Gasteiger partial charge in [0, 0.05) is 32.4 Å². The second-order valence-corrected chi connectivity index (χ2v) is 15.0. The highest BCUT2D eigenvalue weighted by atomic mass is 35.5. The number of esters is 1. The SMILES string of the molecule is CC[C@H]1C=CCC[C@@]2(C[C@@H]3CC[C@@H]4[C@H](C(=O)OCCC(=O)N(CCCNB(C)O)C[C@@H](O)CCNB(C)O)[C@]5(CCC[C@@H](C)O5)NC(=[N+]34)N2)O1.[Cl-]. The van der Waals surface area contributed by atoms with Gasteiger partial charge in [0.05, 0.1) is 36.8 Å². The lowest BCUT2D eigenvalue weighted by Gasteiger charge is -2.50. The van der Waals surface area contributed by atoms with E-state index in [1.165, 1.54) is 0 Å². The Hall–Kier alpha value is -1.91. The van der Waals surface area contributed by atoms with Gasteiger partial charge in [0.15, 0.2) is 11.6 Å². The number of nitrogens with one attached hydrogen (secondary N) is 4. The summed E-state index contributed by atoms with van der Waals surface area (Å²) in [4.78, 5) is 29.2. The molecule has 0 aromatic rings. The molecule has 5 heterocycles. The Bertz CT molecular complexity index is 1240. The highest BCUT2D eigenvalue weighted by Crippen LogP contribution is 2.45. The molecule has 2 fully saturated rings. The maximum absolute atomic E-state index is 14.2. The maximum Gasteiger partial charge on any atom is 0.373 e. The molecule has 2 spiro atoms. The molecule has 0 aromatic heterocycles. The smallest absolute Gasteiger partial charge is 0.373 e. The topological polar surface area (TPSA) is 177 Å². The second kappa shape index (κ2) is 18.9. The molecule has 1 amide bonds. The number of guanidine groups is 1. The summed E-state index contributed by atoms with van der Waals surface area (Å²) in [5, 5.41) is 43.0. The molecule has 0 unspecified atom stereocenters. The molecule has 0 bridgehead atoms. The van der Waals surface area contributed by atoms with Crippen LogP contribution in [0, 0.1) is 5.92 Å². The van der Waals surface area contributed by atoms with Gasteiger partial charge in [-0.15, -0.1) is 0 Å². The first kappa shape index (κ1) is 41.8. The van der Waals surface area contributed by atoms with Crippen molar-refractivity contribution in [3.8, 4) is 0 Å². The van der Waals surface area contributed by atoms with Crippen LogP contribution in [0.5, 0.6) is 0 Å². The molecular weight excluding hydrogens is 677 g/mol. The van der Waals surface area contributed by atoms with E-state index in [9.17, 15) is 24.7 Å². The fraction of sp³-hybridized carbons (Fsp3) is 0.853. The Morgan fingerprint density at radius 2 is 1.90 bits per heavy atom. The zero-order valence-corrected chi connectivity index (χ0v) is 31.7. The molecule has 0 aliphatic carbocycles. The van der Waals surface area contributed by atoms with Gasteiger partial charge in [-0.05, 0) is 85.0 Å². The third-order valence-electron chi connectivity index (χ3n) is 10.9. The summed E-state index contributed by atoms with van der Waals surface area (Å²) in [5.41, 5.74) is -1.42. The van der Waals surface area contributed by atoms with E-state index < -0.39 is 37.6 Å². The number of hydrogen-bond acceptors (Lipinski definition) is 12. The van der Waals surface area contributed by atoms with Gasteiger partial charge in [-0.1, -0.05) is 19.1 Å². The van der Waals surface area contributed by atoms with Crippen molar-refractivity contribution in [1.29, 1.82) is 0 Å². The van der Waals surface area contributed by atoms with Crippen LogP contribution in [-0.4, -0.2) is 131 Å². The van der Waals surface area contributed by atoms with E-state index in [0.717, 1.165) is 57.3 Å². The fourth-order valence-corrected chi connectivity index (χ4v) is 8.59. The maximum atomic E-state index is 14.2.